The predicted octanol–water partition coefficient (Wildman–Crippen LogP) is 6.54. The van der Waals surface area contributed by atoms with Crippen LogP contribution in [0.15, 0.2) is 35.6 Å². The highest BCUT2D eigenvalue weighted by Gasteiger charge is 2.34. The third-order valence-electron chi connectivity index (χ3n) is 7.22. The molecule has 0 radical (unpaired) electrons. The second-order valence-electron chi connectivity index (χ2n) is 9.88. The van der Waals surface area contributed by atoms with Crippen LogP contribution in [0.2, 0.25) is 0 Å². The zero-order valence-corrected chi connectivity index (χ0v) is 20.8. The molecule has 1 aliphatic carbocycles. The van der Waals surface area contributed by atoms with E-state index in [0.29, 0.717) is 10.8 Å². The van der Waals surface area contributed by atoms with Gasteiger partial charge in [0.25, 0.3) is 0 Å². The van der Waals surface area contributed by atoms with Crippen LogP contribution in [0.3, 0.4) is 0 Å². The average molecular weight is 444 g/mol. The number of hydrogen-bond donors (Lipinski definition) is 1. The number of piperidine rings is 1. The van der Waals surface area contributed by atoms with Crippen molar-refractivity contribution >= 4 is 12.0 Å². The largest absolute Gasteiger partial charge is 0.476 e. The summed E-state index contributed by atoms with van der Waals surface area (Å²) in [5, 5.41) is 12.7. The van der Waals surface area contributed by atoms with Crippen molar-refractivity contribution in [1.29, 1.82) is 0 Å². The van der Waals surface area contributed by atoms with Crippen LogP contribution in [-0.2, 0) is 0 Å². The Balaban J connectivity index is 0.000000278. The lowest BCUT2D eigenvalue weighted by Crippen LogP contribution is -2.44. The summed E-state index contributed by atoms with van der Waals surface area (Å²) in [6.07, 6.45) is 14.0. The van der Waals surface area contributed by atoms with Gasteiger partial charge in [-0.05, 0) is 55.9 Å². The van der Waals surface area contributed by atoms with Gasteiger partial charge in [0.15, 0.2) is 5.69 Å². The maximum Gasteiger partial charge on any atom is 0.356 e. The molecular formula is C26H41N3O3. The standard InChI is InChI=1S/C15H23N3O3.C11H18/c1-3-6-15(4-2)7-10-17(11-8-15)14(21)18-9-5-12(16-18)13(19)20;1-5-10-8-9(2)6-7-11(10,3)4/h5,9H,3-4,6-8,10-11H2,1-2H3,(H,19,20);6,8H,5,7H2,1-4H3. The maximum absolute atomic E-state index is 12.3. The molecule has 178 valence electrons. The molecule has 3 rings (SSSR count). The van der Waals surface area contributed by atoms with Crippen LogP contribution < -0.4 is 0 Å². The second-order valence-corrected chi connectivity index (χ2v) is 9.88. The van der Waals surface area contributed by atoms with E-state index in [1.54, 1.807) is 10.5 Å². The van der Waals surface area contributed by atoms with E-state index in [0.717, 1.165) is 37.0 Å². The lowest BCUT2D eigenvalue weighted by atomic mass is 9.73. The highest BCUT2D eigenvalue weighted by Crippen LogP contribution is 2.39. The Kier molecular flexibility index (Phi) is 8.88. The molecule has 2 aliphatic rings. The molecular weight excluding hydrogens is 402 g/mol. The number of amides is 1. The Morgan fingerprint density at radius 1 is 1.16 bits per heavy atom. The minimum absolute atomic E-state index is 0.103. The molecule has 1 aromatic rings. The van der Waals surface area contributed by atoms with Crippen LogP contribution in [0, 0.1) is 10.8 Å². The first kappa shape index (κ1) is 25.9. The molecule has 2 heterocycles. The third kappa shape index (κ3) is 6.33. The van der Waals surface area contributed by atoms with Crippen LogP contribution in [0.4, 0.5) is 4.79 Å². The summed E-state index contributed by atoms with van der Waals surface area (Å²) in [6.45, 7) is 14.9. The lowest BCUT2D eigenvalue weighted by molar-refractivity contribution is 0.0689. The highest BCUT2D eigenvalue weighted by atomic mass is 16.4. The molecule has 0 atom stereocenters. The number of rotatable bonds is 5. The van der Waals surface area contributed by atoms with Gasteiger partial charge in [0.1, 0.15) is 0 Å². The van der Waals surface area contributed by atoms with Gasteiger partial charge in [0.05, 0.1) is 0 Å². The number of carboxylic acid groups (broad SMARTS) is 1. The smallest absolute Gasteiger partial charge is 0.356 e. The van der Waals surface area contributed by atoms with Crippen LogP contribution in [0.5, 0.6) is 0 Å². The SMILES string of the molecule is CCC1=CC(C)=CCC1(C)C.CCCC1(CC)CCN(C(=O)n2ccc(C(=O)O)n2)CC1. The fourth-order valence-electron chi connectivity index (χ4n) is 4.83. The monoisotopic (exact) mass is 443 g/mol. The Bertz CT molecular complexity index is 855. The summed E-state index contributed by atoms with van der Waals surface area (Å²) in [5.41, 5.74) is 3.70. The van der Waals surface area contributed by atoms with Gasteiger partial charge in [0, 0.05) is 19.3 Å². The van der Waals surface area contributed by atoms with Gasteiger partial charge in [0.2, 0.25) is 0 Å². The van der Waals surface area contributed by atoms with Crippen molar-refractivity contribution in [2.45, 2.75) is 86.5 Å². The number of carboxylic acids is 1. The van der Waals surface area contributed by atoms with Crippen LogP contribution in [-0.4, -0.2) is 44.9 Å². The van der Waals surface area contributed by atoms with E-state index in [9.17, 15) is 9.59 Å². The van der Waals surface area contributed by atoms with Gasteiger partial charge in [-0.2, -0.15) is 9.78 Å². The molecule has 1 saturated heterocycles. The van der Waals surface area contributed by atoms with Crippen molar-refractivity contribution in [3.8, 4) is 0 Å². The van der Waals surface area contributed by atoms with Gasteiger partial charge in [-0.3, -0.25) is 0 Å². The first-order valence-electron chi connectivity index (χ1n) is 12.0. The quantitative estimate of drug-likeness (QED) is 0.560. The molecule has 1 fully saturated rings. The minimum atomic E-state index is -1.12. The Morgan fingerprint density at radius 3 is 2.28 bits per heavy atom. The van der Waals surface area contributed by atoms with E-state index in [2.05, 4.69) is 58.8 Å². The highest BCUT2D eigenvalue weighted by molar-refractivity contribution is 5.86. The number of carbonyl (C=O) groups excluding carboxylic acids is 1. The summed E-state index contributed by atoms with van der Waals surface area (Å²) in [6, 6.07) is 1.11. The van der Waals surface area contributed by atoms with E-state index >= 15 is 0 Å². The van der Waals surface area contributed by atoms with Gasteiger partial charge in [-0.25, -0.2) is 9.59 Å². The van der Waals surface area contributed by atoms with E-state index < -0.39 is 5.97 Å². The van der Waals surface area contributed by atoms with Crippen LogP contribution in [0.1, 0.15) is 97.0 Å². The summed E-state index contributed by atoms with van der Waals surface area (Å²) >= 11 is 0. The van der Waals surface area contributed by atoms with Gasteiger partial charge in [-0.1, -0.05) is 70.8 Å². The minimum Gasteiger partial charge on any atom is -0.476 e. The molecule has 1 aliphatic heterocycles. The molecule has 0 spiro atoms. The first-order valence-corrected chi connectivity index (χ1v) is 12.0. The van der Waals surface area contributed by atoms with Crippen LogP contribution >= 0.6 is 0 Å². The summed E-state index contributed by atoms with van der Waals surface area (Å²) in [4.78, 5) is 24.9. The summed E-state index contributed by atoms with van der Waals surface area (Å²) in [7, 11) is 0. The number of hydrogen-bond acceptors (Lipinski definition) is 3. The van der Waals surface area contributed by atoms with Gasteiger partial charge < -0.3 is 10.0 Å². The molecule has 1 aromatic heterocycles. The van der Waals surface area contributed by atoms with Crippen molar-refractivity contribution in [2.75, 3.05) is 13.1 Å². The van der Waals surface area contributed by atoms with Crippen LogP contribution in [0.25, 0.3) is 0 Å². The predicted molar refractivity (Wildman–Crippen MR) is 129 cm³/mol. The fraction of sp³-hybridized carbons (Fsp3) is 0.654. The van der Waals surface area contributed by atoms with E-state index in [4.69, 9.17) is 5.11 Å². The molecule has 6 nitrogen and oxygen atoms in total. The Hall–Kier alpha value is -2.37. The maximum atomic E-state index is 12.3. The molecule has 0 aromatic carbocycles. The number of nitrogens with zero attached hydrogens (tertiary/aromatic N) is 3. The third-order valence-corrected chi connectivity index (χ3v) is 7.22. The number of likely N-dealkylation sites (tertiary alicyclic amines) is 1. The zero-order chi connectivity index (χ0) is 23.9. The molecule has 0 unspecified atom stereocenters. The lowest BCUT2D eigenvalue weighted by Gasteiger charge is -2.41. The van der Waals surface area contributed by atoms with E-state index in [1.807, 2.05) is 0 Å². The Labute approximate surface area is 193 Å². The second kappa shape index (κ2) is 11.0. The average Bonchev–Trinajstić information content (AvgIpc) is 3.27. The number of aromatic nitrogens is 2. The number of aromatic carboxylic acids is 1. The van der Waals surface area contributed by atoms with Gasteiger partial charge >= 0.3 is 12.0 Å². The first-order chi connectivity index (χ1) is 15.1. The molecule has 32 heavy (non-hydrogen) atoms. The normalized spacial score (nSPS) is 19.4. The number of allylic oxidation sites excluding steroid dienone is 4. The zero-order valence-electron chi connectivity index (χ0n) is 20.8. The van der Waals surface area contributed by atoms with E-state index in [1.165, 1.54) is 43.5 Å². The van der Waals surface area contributed by atoms with E-state index in [-0.39, 0.29) is 11.7 Å². The molecule has 1 amide bonds. The van der Waals surface area contributed by atoms with Crippen molar-refractivity contribution in [1.82, 2.24) is 14.7 Å². The topological polar surface area (TPSA) is 75.4 Å². The molecule has 1 N–H and O–H groups in total. The van der Waals surface area contributed by atoms with Crippen molar-refractivity contribution in [3.63, 3.8) is 0 Å². The molecule has 0 bridgehead atoms. The Morgan fingerprint density at radius 2 is 1.81 bits per heavy atom. The summed E-state index contributed by atoms with van der Waals surface area (Å²) in [5.74, 6) is -1.12. The van der Waals surface area contributed by atoms with Crippen molar-refractivity contribution < 1.29 is 14.7 Å². The molecule has 0 saturated carbocycles. The van der Waals surface area contributed by atoms with Crippen molar-refractivity contribution in [2.24, 2.45) is 10.8 Å². The van der Waals surface area contributed by atoms with Crippen molar-refractivity contribution in [3.05, 3.63) is 41.3 Å². The van der Waals surface area contributed by atoms with Gasteiger partial charge in [-0.15, -0.1) is 0 Å². The molecule has 6 heteroatoms. The summed E-state index contributed by atoms with van der Waals surface area (Å²) < 4.78 is 1.13. The fourth-order valence-corrected chi connectivity index (χ4v) is 4.83. The number of carbonyl (C=O) groups is 2.